The summed E-state index contributed by atoms with van der Waals surface area (Å²) in [5, 5.41) is 19.4. The Morgan fingerprint density at radius 2 is 1.95 bits per heavy atom. The molecule has 41 heavy (non-hydrogen) atoms. The van der Waals surface area contributed by atoms with Gasteiger partial charge in [-0.1, -0.05) is 36.4 Å². The van der Waals surface area contributed by atoms with Crippen LogP contribution in [0.15, 0.2) is 60.8 Å². The zero-order valence-electron chi connectivity index (χ0n) is 23.8. The minimum atomic E-state index is -3.18. The number of ether oxygens (including phenoxy) is 2. The summed E-state index contributed by atoms with van der Waals surface area (Å²) in [4.78, 5) is 15.3. The van der Waals surface area contributed by atoms with Gasteiger partial charge in [0.05, 0.1) is 23.0 Å². The van der Waals surface area contributed by atoms with Crippen molar-refractivity contribution in [3.8, 4) is 5.75 Å². The van der Waals surface area contributed by atoms with Crippen molar-refractivity contribution in [2.75, 3.05) is 18.6 Å². The molecule has 2 aliphatic rings. The second kappa shape index (κ2) is 10.7. The third kappa shape index (κ3) is 4.83. The maximum Gasteiger partial charge on any atom is 0.263 e. The van der Waals surface area contributed by atoms with Gasteiger partial charge < -0.3 is 18.7 Å². The summed E-state index contributed by atoms with van der Waals surface area (Å²) in [5.74, 6) is 0.458. The van der Waals surface area contributed by atoms with Crippen molar-refractivity contribution >= 4 is 36.5 Å². The maximum atomic E-state index is 15.9. The average Bonchev–Trinajstić information content (AvgIpc) is 3.51. The highest BCUT2D eigenvalue weighted by Crippen LogP contribution is 2.49. The van der Waals surface area contributed by atoms with Crippen LogP contribution in [0.3, 0.4) is 0 Å². The summed E-state index contributed by atoms with van der Waals surface area (Å²) in [5.41, 5.74) is 3.55. The molecular weight excluding hydrogens is 539 g/mol. The minimum Gasteiger partial charge on any atom is -0.490 e. The summed E-state index contributed by atoms with van der Waals surface area (Å²) in [6.07, 6.45) is 2.06. The quantitative estimate of drug-likeness (QED) is 0.196. The SMILES string of the molecule is CO[C@@H]1c2cc(N3C(=O)c4cccc5cccc3c45)ccc2O[C@H](C(CCn2cc(CCO)nn2)[Si](C)(C)F)[C@H]1C. The molecule has 2 aliphatic heterocycles. The third-order valence-corrected chi connectivity index (χ3v) is 10.9. The van der Waals surface area contributed by atoms with E-state index in [0.29, 0.717) is 36.4 Å². The Hall–Kier alpha value is -3.60. The fourth-order valence-electron chi connectivity index (χ4n) is 6.52. The molecule has 1 N–H and O–H groups in total. The fourth-order valence-corrected chi connectivity index (χ4v) is 8.49. The van der Waals surface area contributed by atoms with E-state index in [1.807, 2.05) is 61.5 Å². The van der Waals surface area contributed by atoms with Crippen molar-refractivity contribution in [3.63, 3.8) is 0 Å². The third-order valence-electron chi connectivity index (χ3n) is 8.53. The van der Waals surface area contributed by atoms with E-state index < -0.39 is 14.5 Å². The highest BCUT2D eigenvalue weighted by molar-refractivity contribution is 6.72. The molecule has 1 unspecified atom stereocenters. The number of aliphatic hydroxyl groups is 1. The van der Waals surface area contributed by atoms with Gasteiger partial charge in [-0.25, -0.2) is 0 Å². The van der Waals surface area contributed by atoms with Crippen molar-refractivity contribution in [2.45, 2.75) is 57.2 Å². The summed E-state index contributed by atoms with van der Waals surface area (Å²) < 4.78 is 30.2. The lowest BCUT2D eigenvalue weighted by molar-refractivity contribution is -0.0242. The molecule has 0 fully saturated rings. The number of nitrogens with zero attached hydrogens (tertiary/aromatic N) is 4. The van der Waals surface area contributed by atoms with Crippen LogP contribution in [-0.4, -0.2) is 54.2 Å². The number of benzene rings is 3. The van der Waals surface area contributed by atoms with E-state index in [2.05, 4.69) is 10.3 Å². The van der Waals surface area contributed by atoms with Gasteiger partial charge >= 0.3 is 0 Å². The van der Waals surface area contributed by atoms with Crippen LogP contribution in [0.1, 0.15) is 41.1 Å². The summed E-state index contributed by atoms with van der Waals surface area (Å²) in [6, 6.07) is 17.5. The Morgan fingerprint density at radius 1 is 1.17 bits per heavy atom. The molecule has 0 bridgehead atoms. The Bertz CT molecular complexity index is 1600. The largest absolute Gasteiger partial charge is 0.490 e. The minimum absolute atomic E-state index is 0.00718. The van der Waals surface area contributed by atoms with Gasteiger partial charge in [0, 0.05) is 61.0 Å². The van der Waals surface area contributed by atoms with E-state index in [0.717, 1.165) is 27.7 Å². The molecule has 0 saturated heterocycles. The second-order valence-corrected chi connectivity index (χ2v) is 15.4. The van der Waals surface area contributed by atoms with Crippen LogP contribution in [0.2, 0.25) is 18.6 Å². The van der Waals surface area contributed by atoms with Crippen LogP contribution < -0.4 is 9.64 Å². The van der Waals surface area contributed by atoms with Gasteiger partial charge in [0.25, 0.3) is 5.91 Å². The predicted molar refractivity (Wildman–Crippen MR) is 158 cm³/mol. The summed E-state index contributed by atoms with van der Waals surface area (Å²) in [7, 11) is -1.51. The van der Waals surface area contributed by atoms with Gasteiger partial charge in [-0.2, -0.15) is 0 Å². The fraction of sp³-hybridized carbons (Fsp3) is 0.387. The van der Waals surface area contributed by atoms with Crippen LogP contribution >= 0.6 is 0 Å². The van der Waals surface area contributed by atoms with E-state index in [4.69, 9.17) is 9.47 Å². The standard InChI is InChI=1S/C31H35FN4O4Si/c1-19-29(39-2)24-17-22(36-25-10-6-8-20-7-5-9-23(28(20)25)31(36)38)11-12-26(24)40-30(19)27(41(3,4)32)13-15-35-18-21(14-16-37)33-34-35/h5-12,17-19,27,29-30,37H,13-16H2,1-4H3/t19-,27?,29-,30-/m0/s1. The molecule has 1 aromatic heterocycles. The summed E-state index contributed by atoms with van der Waals surface area (Å²) in [6.45, 7) is 6.01. The van der Waals surface area contributed by atoms with Gasteiger partial charge in [-0.15, -0.1) is 5.10 Å². The smallest absolute Gasteiger partial charge is 0.263 e. The number of amides is 1. The number of anilines is 2. The number of halogens is 1. The van der Waals surface area contributed by atoms with Gasteiger partial charge in [0.2, 0.25) is 8.41 Å². The first-order valence-corrected chi connectivity index (χ1v) is 17.0. The number of hydrogen-bond donors (Lipinski definition) is 1. The first-order chi connectivity index (χ1) is 19.7. The normalized spacial score (nSPS) is 20.8. The monoisotopic (exact) mass is 574 g/mol. The molecule has 10 heteroatoms. The number of aryl methyl sites for hydroxylation is 1. The first kappa shape index (κ1) is 27.6. The highest BCUT2D eigenvalue weighted by Gasteiger charge is 2.47. The molecule has 0 spiro atoms. The van der Waals surface area contributed by atoms with Crippen molar-refractivity contribution in [1.29, 1.82) is 0 Å². The van der Waals surface area contributed by atoms with Gasteiger partial charge in [-0.3, -0.25) is 14.4 Å². The van der Waals surface area contributed by atoms with Crippen molar-refractivity contribution < 1.29 is 23.5 Å². The van der Waals surface area contributed by atoms with E-state index in [9.17, 15) is 9.90 Å². The average molecular weight is 575 g/mol. The van der Waals surface area contributed by atoms with E-state index in [-0.39, 0.29) is 30.1 Å². The number of rotatable bonds is 9. The van der Waals surface area contributed by atoms with Crippen LogP contribution in [0.25, 0.3) is 10.8 Å². The van der Waals surface area contributed by atoms with Crippen LogP contribution in [-0.2, 0) is 17.7 Å². The zero-order valence-corrected chi connectivity index (χ0v) is 24.8. The number of carbonyl (C=O) groups excluding carboxylic acids is 1. The molecule has 1 amide bonds. The number of aliphatic hydroxyl groups excluding tert-OH is 1. The number of aromatic nitrogens is 3. The van der Waals surface area contributed by atoms with Crippen molar-refractivity contribution in [1.82, 2.24) is 15.0 Å². The van der Waals surface area contributed by atoms with E-state index >= 15 is 4.11 Å². The molecule has 3 aromatic carbocycles. The maximum absolute atomic E-state index is 15.9. The number of fused-ring (bicyclic) bond motifs is 1. The van der Waals surface area contributed by atoms with Crippen LogP contribution in [0, 0.1) is 5.92 Å². The lowest BCUT2D eigenvalue weighted by Gasteiger charge is -2.43. The second-order valence-electron chi connectivity index (χ2n) is 11.5. The van der Waals surface area contributed by atoms with Crippen molar-refractivity contribution in [3.05, 3.63) is 77.6 Å². The molecule has 0 aliphatic carbocycles. The molecule has 6 rings (SSSR count). The summed E-state index contributed by atoms with van der Waals surface area (Å²) >= 11 is 0. The molecule has 4 atom stereocenters. The number of hydrogen-bond acceptors (Lipinski definition) is 6. The Balaban J connectivity index is 1.30. The predicted octanol–water partition coefficient (Wildman–Crippen LogP) is 5.98. The Kier molecular flexibility index (Phi) is 7.17. The highest BCUT2D eigenvalue weighted by atomic mass is 28.4. The zero-order chi connectivity index (χ0) is 28.9. The van der Waals surface area contributed by atoms with Gasteiger partial charge in [0.1, 0.15) is 11.9 Å². The lowest BCUT2D eigenvalue weighted by Crippen LogP contribution is -2.46. The van der Waals surface area contributed by atoms with E-state index in [1.165, 1.54) is 0 Å². The van der Waals surface area contributed by atoms with Crippen LogP contribution in [0.5, 0.6) is 5.75 Å². The topological polar surface area (TPSA) is 89.7 Å². The van der Waals surface area contributed by atoms with Gasteiger partial charge in [0.15, 0.2) is 0 Å². The Labute approximate surface area is 239 Å². The first-order valence-electron chi connectivity index (χ1n) is 14.1. The molecular formula is C31H35FN4O4Si. The lowest BCUT2D eigenvalue weighted by atomic mass is 9.86. The van der Waals surface area contributed by atoms with Gasteiger partial charge in [-0.05, 0) is 55.2 Å². The Morgan fingerprint density at radius 3 is 2.68 bits per heavy atom. The molecule has 214 valence electrons. The number of methoxy groups -OCH3 is 1. The molecule has 3 heterocycles. The van der Waals surface area contributed by atoms with Crippen LogP contribution in [0.4, 0.5) is 15.5 Å². The molecule has 0 radical (unpaired) electrons. The molecule has 0 saturated carbocycles. The van der Waals surface area contributed by atoms with Crippen molar-refractivity contribution in [2.24, 2.45) is 5.92 Å². The van der Waals surface area contributed by atoms with E-state index in [1.54, 1.807) is 36.0 Å². The number of carbonyl (C=O) groups is 1. The molecule has 4 aromatic rings. The molecule has 8 nitrogen and oxygen atoms in total.